The predicted octanol–water partition coefficient (Wildman–Crippen LogP) is 5.54. The Labute approximate surface area is 352 Å². The zero-order chi connectivity index (χ0) is 42.1. The second kappa shape index (κ2) is 17.4. The Morgan fingerprint density at radius 3 is 2.50 bits per heavy atom. The topological polar surface area (TPSA) is 175 Å². The molecule has 0 aliphatic carbocycles. The number of phenolic OH excluding ortho intramolecular Hbond substituents is 1. The third-order valence-corrected chi connectivity index (χ3v) is 12.7. The zero-order valence-electron chi connectivity index (χ0n) is 34.5. The fourth-order valence-corrected chi connectivity index (χ4v) is 9.12. The van der Waals surface area contributed by atoms with E-state index in [0.717, 1.165) is 64.7 Å². The molecule has 2 aliphatic heterocycles. The number of aromatic nitrogens is 5. The summed E-state index contributed by atoms with van der Waals surface area (Å²) in [6.45, 7) is 12.2. The minimum atomic E-state index is -0.827. The maximum Gasteiger partial charge on any atom is 0.254 e. The first-order valence-electron chi connectivity index (χ1n) is 20.4. The van der Waals surface area contributed by atoms with Crippen LogP contribution in [0.25, 0.3) is 32.7 Å². The first-order chi connectivity index (χ1) is 28.9. The van der Waals surface area contributed by atoms with Crippen molar-refractivity contribution in [2.24, 2.45) is 13.0 Å². The Morgan fingerprint density at radius 2 is 1.78 bits per heavy atom. The number of rotatable bonds is 13. The van der Waals surface area contributed by atoms with Gasteiger partial charge in [0, 0.05) is 70.4 Å². The average Bonchev–Trinajstić information content (AvgIpc) is 4.05. The van der Waals surface area contributed by atoms with E-state index in [4.69, 9.17) is 9.26 Å². The lowest BCUT2D eigenvalue weighted by Crippen LogP contribution is -2.48. The number of aryl methyl sites for hydroxylation is 2. The number of nitrogens with one attached hydrogen (secondary N) is 1. The molecule has 15 nitrogen and oxygen atoms in total. The van der Waals surface area contributed by atoms with Crippen LogP contribution in [-0.2, 0) is 16.6 Å². The molecule has 8 rings (SSSR count). The molecule has 6 heterocycles. The molecule has 2 saturated heterocycles. The number of hydrogen-bond donors (Lipinski definition) is 3. The average molecular weight is 834 g/mol. The number of anilines is 1. The highest BCUT2D eigenvalue weighted by molar-refractivity contribution is 7.13. The Hall–Kier alpha value is -5.84. The molecule has 2 aromatic carbocycles. The van der Waals surface area contributed by atoms with Gasteiger partial charge < -0.3 is 39.2 Å². The number of carbonyl (C=O) groups excluding carboxylic acids is 2. The minimum absolute atomic E-state index is 0.0529. The Bertz CT molecular complexity index is 2460. The number of piperazine rings is 1. The van der Waals surface area contributed by atoms with Crippen molar-refractivity contribution in [1.82, 2.24) is 40.0 Å². The van der Waals surface area contributed by atoms with Crippen LogP contribution in [0.15, 0.2) is 76.8 Å². The molecule has 60 heavy (non-hydrogen) atoms. The number of amides is 2. The Morgan fingerprint density at radius 1 is 1.02 bits per heavy atom. The van der Waals surface area contributed by atoms with Gasteiger partial charge in [0.05, 0.1) is 39.4 Å². The fraction of sp³-hybridized carbons (Fsp3) is 0.409. The van der Waals surface area contributed by atoms with E-state index >= 15 is 0 Å². The molecule has 0 radical (unpaired) electrons. The molecular formula is C44H51N9O6S. The number of likely N-dealkylation sites (tertiary alicyclic amines) is 1. The molecule has 2 amide bonds. The Balaban J connectivity index is 0.839. The van der Waals surface area contributed by atoms with Crippen molar-refractivity contribution in [3.8, 4) is 33.3 Å². The van der Waals surface area contributed by atoms with Crippen LogP contribution in [0.3, 0.4) is 0 Å². The van der Waals surface area contributed by atoms with Crippen LogP contribution >= 0.6 is 11.3 Å². The van der Waals surface area contributed by atoms with Crippen molar-refractivity contribution in [3.05, 3.63) is 89.3 Å². The summed E-state index contributed by atoms with van der Waals surface area (Å²) in [6.07, 6.45) is -0.674. The summed E-state index contributed by atoms with van der Waals surface area (Å²) in [5, 5.41) is 37.0. The van der Waals surface area contributed by atoms with E-state index in [-0.39, 0.29) is 42.5 Å². The number of aliphatic hydroxyl groups is 1. The molecule has 2 aliphatic rings. The van der Waals surface area contributed by atoms with Crippen molar-refractivity contribution >= 4 is 40.0 Å². The van der Waals surface area contributed by atoms with Gasteiger partial charge in [-0.15, -0.1) is 21.5 Å². The number of para-hydroxylation sites is 1. The highest BCUT2D eigenvalue weighted by Crippen LogP contribution is 2.34. The van der Waals surface area contributed by atoms with Crippen molar-refractivity contribution in [1.29, 1.82) is 0 Å². The van der Waals surface area contributed by atoms with Crippen LogP contribution in [0.4, 0.5) is 5.82 Å². The number of aromatic hydroxyl groups is 1. The first kappa shape index (κ1) is 40.9. The molecule has 0 bridgehead atoms. The second-order valence-electron chi connectivity index (χ2n) is 16.1. The van der Waals surface area contributed by atoms with Gasteiger partial charge in [0.25, 0.3) is 5.88 Å². The maximum absolute atomic E-state index is 14.2. The summed E-state index contributed by atoms with van der Waals surface area (Å²) in [5.74, 6) is 0.368. The number of aliphatic hydroxyl groups excluding tert-OH is 1. The zero-order valence-corrected chi connectivity index (χ0v) is 35.3. The quantitative estimate of drug-likeness (QED) is 0.133. The van der Waals surface area contributed by atoms with Crippen LogP contribution in [0.1, 0.15) is 56.2 Å². The lowest BCUT2D eigenvalue weighted by Gasteiger charge is -2.35. The van der Waals surface area contributed by atoms with Gasteiger partial charge in [-0.3, -0.25) is 14.5 Å². The third kappa shape index (κ3) is 8.44. The molecule has 4 aromatic heterocycles. The highest BCUT2D eigenvalue weighted by atomic mass is 32.1. The van der Waals surface area contributed by atoms with Gasteiger partial charge in [-0.25, -0.2) is 4.98 Å². The summed E-state index contributed by atoms with van der Waals surface area (Å²) < 4.78 is 13.8. The van der Waals surface area contributed by atoms with Crippen molar-refractivity contribution < 1.29 is 29.1 Å². The standard InChI is InChI=1S/C44H51N9O6S/c1-26(2)41(44(57)53-24-31(54)20-36(53)43(56)46-27(3)29-10-12-30(13-11-29)42-28(4)45-25-60-42)38-23-39(49-59-38)58-19-18-51-14-16-52(17-15-51)40-22-34-35(50(40)5)21-33(47-48-34)32-8-6-7-9-37(32)55/h6-13,21-23,25-27,31,36,41,54-55H,14-20,24H2,1-5H3,(H,46,56)/t27-,31+,36-,41+/m0/s1. The number of fused-ring (bicyclic) bond motifs is 1. The molecule has 3 N–H and O–H groups in total. The van der Waals surface area contributed by atoms with E-state index in [0.29, 0.717) is 36.0 Å². The lowest BCUT2D eigenvalue weighted by molar-refractivity contribution is -0.141. The number of nitrogens with zero attached hydrogens (tertiary/aromatic N) is 8. The molecule has 16 heteroatoms. The number of phenols is 1. The number of β-amino-alcohol motifs (C(OH)–C–C–N with tert-alkyl or cyclic N) is 1. The van der Waals surface area contributed by atoms with E-state index in [1.807, 2.05) is 82.7 Å². The molecule has 0 spiro atoms. The largest absolute Gasteiger partial charge is 0.507 e. The second-order valence-corrected chi connectivity index (χ2v) is 16.9. The first-order valence-corrected chi connectivity index (χ1v) is 21.3. The molecule has 314 valence electrons. The van der Waals surface area contributed by atoms with Gasteiger partial charge in [0.2, 0.25) is 11.8 Å². The van der Waals surface area contributed by atoms with Crippen LogP contribution in [0.5, 0.6) is 11.6 Å². The van der Waals surface area contributed by atoms with Crippen LogP contribution < -0.4 is 15.0 Å². The van der Waals surface area contributed by atoms with Crippen LogP contribution in [0, 0.1) is 12.8 Å². The van der Waals surface area contributed by atoms with Crippen molar-refractivity contribution in [2.75, 3.05) is 50.8 Å². The molecule has 0 saturated carbocycles. The maximum atomic E-state index is 14.2. The van der Waals surface area contributed by atoms with Gasteiger partial charge in [-0.2, -0.15) is 0 Å². The summed E-state index contributed by atoms with van der Waals surface area (Å²) in [7, 11) is 2.02. The van der Waals surface area contributed by atoms with E-state index in [9.17, 15) is 19.8 Å². The lowest BCUT2D eigenvalue weighted by atomic mass is 9.91. The van der Waals surface area contributed by atoms with E-state index < -0.39 is 18.1 Å². The highest BCUT2D eigenvalue weighted by Gasteiger charge is 2.43. The molecular weight excluding hydrogens is 783 g/mol. The van der Waals surface area contributed by atoms with Crippen LogP contribution in [-0.4, -0.2) is 115 Å². The van der Waals surface area contributed by atoms with Gasteiger partial charge >= 0.3 is 0 Å². The molecule has 4 atom stereocenters. The summed E-state index contributed by atoms with van der Waals surface area (Å²) >= 11 is 1.59. The fourth-order valence-electron chi connectivity index (χ4n) is 8.31. The smallest absolute Gasteiger partial charge is 0.254 e. The number of benzene rings is 2. The van der Waals surface area contributed by atoms with E-state index in [1.54, 1.807) is 29.5 Å². The summed E-state index contributed by atoms with van der Waals surface area (Å²) in [4.78, 5) is 39.5. The number of carbonyl (C=O) groups is 2. The summed E-state index contributed by atoms with van der Waals surface area (Å²) in [5.41, 5.74) is 7.81. The minimum Gasteiger partial charge on any atom is -0.507 e. The van der Waals surface area contributed by atoms with Gasteiger partial charge in [-0.05, 0) is 54.2 Å². The number of hydrogen-bond acceptors (Lipinski definition) is 13. The van der Waals surface area contributed by atoms with Gasteiger partial charge in [0.15, 0.2) is 5.76 Å². The SMILES string of the molecule is Cc1ncsc1-c1ccc([C@H](C)NC(=O)[C@@H]2C[C@@H](O)CN2C(=O)[C@@H](c2cc(OCCN3CCN(c4cc5nnc(-c6ccccc6O)cc5n4C)CC3)no2)C(C)C)cc1. The monoisotopic (exact) mass is 833 g/mol. The van der Waals surface area contributed by atoms with Gasteiger partial charge in [-0.1, -0.05) is 50.2 Å². The molecule has 0 unspecified atom stereocenters. The molecule has 6 aromatic rings. The van der Waals surface area contributed by atoms with Crippen molar-refractivity contribution in [3.63, 3.8) is 0 Å². The normalized spacial score (nSPS) is 18.3. The van der Waals surface area contributed by atoms with E-state index in [1.165, 1.54) is 4.90 Å². The third-order valence-electron chi connectivity index (χ3n) is 11.7. The predicted molar refractivity (Wildman–Crippen MR) is 229 cm³/mol. The number of thiazole rings is 1. The molecule has 2 fully saturated rings. The van der Waals surface area contributed by atoms with Crippen molar-refractivity contribution in [2.45, 2.75) is 58.2 Å². The summed E-state index contributed by atoms with van der Waals surface area (Å²) in [6, 6.07) is 19.7. The van der Waals surface area contributed by atoms with Crippen LogP contribution in [0.2, 0.25) is 0 Å². The van der Waals surface area contributed by atoms with E-state index in [2.05, 4.69) is 46.1 Å². The number of ether oxygens (including phenoxy) is 1. The van der Waals surface area contributed by atoms with Gasteiger partial charge in [0.1, 0.15) is 35.7 Å². The Kier molecular flexibility index (Phi) is 11.9.